The van der Waals surface area contributed by atoms with E-state index in [1.54, 1.807) is 12.1 Å². The van der Waals surface area contributed by atoms with E-state index in [1.807, 2.05) is 0 Å². The summed E-state index contributed by atoms with van der Waals surface area (Å²) >= 11 is 3.05. The van der Waals surface area contributed by atoms with Gasteiger partial charge in [-0.1, -0.05) is 15.9 Å². The summed E-state index contributed by atoms with van der Waals surface area (Å²) in [6, 6.07) is 9.53. The Bertz CT molecular complexity index is 1300. The second-order valence-corrected chi connectivity index (χ2v) is 8.93. The van der Waals surface area contributed by atoms with E-state index in [0.717, 1.165) is 6.07 Å². The molecule has 0 unspecified atom stereocenters. The molecular formula is C23H19BrF3N5O3. The van der Waals surface area contributed by atoms with Gasteiger partial charge in [-0.05, 0) is 49.2 Å². The Morgan fingerprint density at radius 1 is 1.11 bits per heavy atom. The Hall–Kier alpha value is -3.67. The van der Waals surface area contributed by atoms with Crippen LogP contribution in [0.5, 0.6) is 0 Å². The summed E-state index contributed by atoms with van der Waals surface area (Å²) < 4.78 is 40.2. The van der Waals surface area contributed by atoms with Gasteiger partial charge in [0.1, 0.15) is 5.54 Å². The molecule has 0 atom stereocenters. The Morgan fingerprint density at radius 3 is 2.49 bits per heavy atom. The van der Waals surface area contributed by atoms with Crippen LogP contribution < -0.4 is 21.5 Å². The third kappa shape index (κ3) is 5.88. The van der Waals surface area contributed by atoms with Crippen molar-refractivity contribution in [3.8, 4) is 0 Å². The van der Waals surface area contributed by atoms with Crippen molar-refractivity contribution in [3.05, 3.63) is 86.5 Å². The third-order valence-corrected chi connectivity index (χ3v) is 5.90. The summed E-state index contributed by atoms with van der Waals surface area (Å²) in [5, 5.41) is 8.13. The van der Waals surface area contributed by atoms with Crippen LogP contribution in [0.2, 0.25) is 0 Å². The van der Waals surface area contributed by atoms with Gasteiger partial charge in [0.25, 0.3) is 5.91 Å². The molecular weight excluding hydrogens is 531 g/mol. The largest absolute Gasteiger partial charge is 0.418 e. The summed E-state index contributed by atoms with van der Waals surface area (Å²) in [4.78, 5) is 42.8. The average molecular weight is 550 g/mol. The summed E-state index contributed by atoms with van der Waals surface area (Å²) in [5.74, 6) is -0.849. The molecule has 1 aliphatic carbocycles. The number of carbonyl (C=O) groups excluding carboxylic acids is 2. The Morgan fingerprint density at radius 2 is 1.89 bits per heavy atom. The van der Waals surface area contributed by atoms with Crippen molar-refractivity contribution in [1.82, 2.24) is 20.6 Å². The maximum absolute atomic E-state index is 13.3. The van der Waals surface area contributed by atoms with Crippen molar-refractivity contribution >= 4 is 39.1 Å². The van der Waals surface area contributed by atoms with Gasteiger partial charge in [-0.25, -0.2) is 0 Å². The number of hydrogen-bond acceptors (Lipinski definition) is 5. The molecule has 0 spiro atoms. The zero-order valence-electron chi connectivity index (χ0n) is 18.0. The van der Waals surface area contributed by atoms with E-state index in [1.165, 1.54) is 36.7 Å². The van der Waals surface area contributed by atoms with E-state index >= 15 is 0 Å². The number of rotatable bonds is 7. The fourth-order valence-corrected chi connectivity index (χ4v) is 3.69. The van der Waals surface area contributed by atoms with Crippen LogP contribution in [0.25, 0.3) is 0 Å². The van der Waals surface area contributed by atoms with Gasteiger partial charge in [0.2, 0.25) is 11.5 Å². The van der Waals surface area contributed by atoms with E-state index in [9.17, 15) is 27.6 Å². The molecule has 35 heavy (non-hydrogen) atoms. The molecule has 3 aromatic rings. The standard InChI is InChI=1S/C23H19BrF3N5O3/c24-14-2-5-18(17(9-14)23(25,26)27)31-16-4-3-15(28-12-16)11-30-21(35)22(7-8-22)32-20(34)13-1-6-19(33)29-10-13/h1-6,9-10,12,31H,7-8,11H2,(H,29,33)(H,30,35)(H,32,34). The molecule has 0 aliphatic heterocycles. The van der Waals surface area contributed by atoms with Crippen LogP contribution in [-0.4, -0.2) is 27.3 Å². The molecule has 12 heteroatoms. The van der Waals surface area contributed by atoms with Crippen LogP contribution in [0.4, 0.5) is 24.5 Å². The number of anilines is 2. The number of alkyl halides is 3. The van der Waals surface area contributed by atoms with Gasteiger partial charge < -0.3 is 20.9 Å². The van der Waals surface area contributed by atoms with Gasteiger partial charge in [-0.15, -0.1) is 0 Å². The first-order valence-corrected chi connectivity index (χ1v) is 11.2. The third-order valence-electron chi connectivity index (χ3n) is 5.40. The molecule has 182 valence electrons. The molecule has 1 aliphatic rings. The number of carbonyl (C=O) groups is 2. The van der Waals surface area contributed by atoms with Gasteiger partial charge in [0.15, 0.2) is 0 Å². The minimum Gasteiger partial charge on any atom is -0.354 e. The predicted octanol–water partition coefficient (Wildman–Crippen LogP) is 3.87. The molecule has 2 aromatic heterocycles. The smallest absolute Gasteiger partial charge is 0.354 e. The number of nitrogens with zero attached hydrogens (tertiary/aromatic N) is 1. The van der Waals surface area contributed by atoms with Gasteiger partial charge in [0, 0.05) is 16.7 Å². The number of aromatic nitrogens is 2. The van der Waals surface area contributed by atoms with Crippen LogP contribution in [0.15, 0.2) is 64.1 Å². The molecule has 0 radical (unpaired) electrons. The zero-order chi connectivity index (χ0) is 25.2. The minimum atomic E-state index is -4.53. The number of pyridine rings is 2. The number of hydrogen-bond donors (Lipinski definition) is 4. The van der Waals surface area contributed by atoms with Gasteiger partial charge in [0.05, 0.1) is 40.9 Å². The molecule has 1 aromatic carbocycles. The highest BCUT2D eigenvalue weighted by Crippen LogP contribution is 2.38. The molecule has 8 nitrogen and oxygen atoms in total. The quantitative estimate of drug-likeness (QED) is 0.357. The fourth-order valence-electron chi connectivity index (χ4n) is 3.33. The second kappa shape index (κ2) is 9.53. The highest BCUT2D eigenvalue weighted by atomic mass is 79.9. The van der Waals surface area contributed by atoms with E-state index in [0.29, 0.717) is 28.7 Å². The van der Waals surface area contributed by atoms with E-state index < -0.39 is 23.2 Å². The highest BCUT2D eigenvalue weighted by Gasteiger charge is 2.51. The number of H-pyrrole nitrogens is 1. The first-order valence-electron chi connectivity index (χ1n) is 10.4. The number of halogens is 4. The average Bonchev–Trinajstić information content (AvgIpc) is 3.60. The first kappa shape index (κ1) is 24.5. The van der Waals surface area contributed by atoms with Crippen molar-refractivity contribution in [1.29, 1.82) is 0 Å². The van der Waals surface area contributed by atoms with Crippen LogP contribution in [0.1, 0.15) is 34.5 Å². The maximum atomic E-state index is 13.3. The Labute approximate surface area is 205 Å². The zero-order valence-corrected chi connectivity index (χ0v) is 19.6. The SMILES string of the molecule is O=C(NC1(C(=O)NCc2ccc(Nc3ccc(Br)cc3C(F)(F)F)cn2)CC1)c1ccc(=O)[nH]c1. The predicted molar refractivity (Wildman–Crippen MR) is 125 cm³/mol. The van der Waals surface area contributed by atoms with Crippen molar-refractivity contribution in [2.24, 2.45) is 0 Å². The van der Waals surface area contributed by atoms with Crippen molar-refractivity contribution < 1.29 is 22.8 Å². The topological polar surface area (TPSA) is 116 Å². The molecule has 4 N–H and O–H groups in total. The Kier molecular flexibility index (Phi) is 6.66. The van der Waals surface area contributed by atoms with Crippen LogP contribution in [0, 0.1) is 0 Å². The Balaban J connectivity index is 1.35. The van der Waals surface area contributed by atoms with E-state index in [2.05, 4.69) is 41.8 Å². The molecule has 0 bridgehead atoms. The van der Waals surface area contributed by atoms with Gasteiger partial charge >= 0.3 is 6.18 Å². The van der Waals surface area contributed by atoms with E-state index in [4.69, 9.17) is 0 Å². The van der Waals surface area contributed by atoms with Gasteiger partial charge in [-0.2, -0.15) is 13.2 Å². The van der Waals surface area contributed by atoms with Crippen LogP contribution in [-0.2, 0) is 17.5 Å². The number of nitrogens with one attached hydrogen (secondary N) is 4. The molecule has 4 rings (SSSR count). The van der Waals surface area contributed by atoms with Crippen molar-refractivity contribution in [3.63, 3.8) is 0 Å². The van der Waals surface area contributed by atoms with Crippen LogP contribution >= 0.6 is 15.9 Å². The maximum Gasteiger partial charge on any atom is 0.418 e. The summed E-state index contributed by atoms with van der Waals surface area (Å²) in [6.45, 7) is 0.0709. The minimum absolute atomic E-state index is 0.0709. The number of benzene rings is 1. The molecule has 2 amide bonds. The summed E-state index contributed by atoms with van der Waals surface area (Å²) in [6.07, 6.45) is -0.945. The van der Waals surface area contributed by atoms with Crippen LogP contribution in [0.3, 0.4) is 0 Å². The molecule has 2 heterocycles. The lowest BCUT2D eigenvalue weighted by atomic mass is 10.1. The lowest BCUT2D eigenvalue weighted by Crippen LogP contribution is -2.48. The number of aromatic amines is 1. The fraction of sp³-hybridized carbons (Fsp3) is 0.217. The lowest BCUT2D eigenvalue weighted by molar-refractivity contribution is -0.137. The van der Waals surface area contributed by atoms with Gasteiger partial charge in [-0.3, -0.25) is 19.4 Å². The molecule has 1 saturated carbocycles. The molecule has 0 saturated heterocycles. The monoisotopic (exact) mass is 549 g/mol. The highest BCUT2D eigenvalue weighted by molar-refractivity contribution is 9.10. The normalized spacial score (nSPS) is 14.2. The first-order chi connectivity index (χ1) is 16.6. The van der Waals surface area contributed by atoms with E-state index in [-0.39, 0.29) is 29.3 Å². The van der Waals surface area contributed by atoms with Crippen molar-refractivity contribution in [2.75, 3.05) is 5.32 Å². The lowest BCUT2D eigenvalue weighted by Gasteiger charge is -2.17. The van der Waals surface area contributed by atoms with Crippen molar-refractivity contribution in [2.45, 2.75) is 31.1 Å². The molecule has 1 fully saturated rings. The summed E-state index contributed by atoms with van der Waals surface area (Å²) in [5.41, 5.74) is -1.23. The number of amides is 2. The second-order valence-electron chi connectivity index (χ2n) is 8.01. The summed E-state index contributed by atoms with van der Waals surface area (Å²) in [7, 11) is 0.